The number of rotatable bonds is 6. The Morgan fingerprint density at radius 1 is 0.905 bits per heavy atom. The average Bonchev–Trinajstić information content (AvgIpc) is 2.54. The summed E-state index contributed by atoms with van der Waals surface area (Å²) in [5, 5.41) is 0. The highest BCUT2D eigenvalue weighted by Gasteiger charge is 2.06. The van der Waals surface area contributed by atoms with Gasteiger partial charge in [-0.05, 0) is 48.4 Å². The number of esters is 1. The van der Waals surface area contributed by atoms with Gasteiger partial charge in [0.2, 0.25) is 0 Å². The Hall–Kier alpha value is -2.49. The molecule has 0 saturated carbocycles. The third-order valence-corrected chi connectivity index (χ3v) is 2.98. The lowest BCUT2D eigenvalue weighted by Crippen LogP contribution is -2.17. The molecule has 0 bridgehead atoms. The van der Waals surface area contributed by atoms with Crippen LogP contribution in [0.25, 0.3) is 0 Å². The lowest BCUT2D eigenvalue weighted by atomic mass is 10.2. The summed E-state index contributed by atoms with van der Waals surface area (Å²) in [6, 6.07) is 14.5. The highest BCUT2D eigenvalue weighted by molar-refractivity contribution is 5.74. The van der Waals surface area contributed by atoms with Crippen molar-refractivity contribution in [3.8, 4) is 17.2 Å². The van der Waals surface area contributed by atoms with Gasteiger partial charge in [0.15, 0.2) is 6.61 Å². The number of benzene rings is 2. The van der Waals surface area contributed by atoms with Crippen molar-refractivity contribution in [3.63, 3.8) is 0 Å². The molecule has 0 unspecified atom stereocenters. The molecule has 2 aromatic carbocycles. The average molecular weight is 286 g/mol. The maximum Gasteiger partial charge on any atom is 0.349 e. The van der Waals surface area contributed by atoms with Crippen LogP contribution in [0.15, 0.2) is 48.5 Å². The molecule has 0 atom stereocenters. The maximum absolute atomic E-state index is 11.7. The van der Waals surface area contributed by atoms with Crippen LogP contribution in [-0.2, 0) is 11.2 Å². The Kier molecular flexibility index (Phi) is 5.21. The van der Waals surface area contributed by atoms with E-state index in [0.29, 0.717) is 17.2 Å². The highest BCUT2D eigenvalue weighted by Crippen LogP contribution is 2.17. The zero-order chi connectivity index (χ0) is 15.1. The van der Waals surface area contributed by atoms with E-state index < -0.39 is 5.97 Å². The Bertz CT molecular complexity index is 573. The summed E-state index contributed by atoms with van der Waals surface area (Å²) in [5.74, 6) is 1.38. The fourth-order valence-corrected chi connectivity index (χ4v) is 1.77. The van der Waals surface area contributed by atoms with Crippen LogP contribution in [0.1, 0.15) is 12.5 Å². The van der Waals surface area contributed by atoms with E-state index in [-0.39, 0.29) is 6.61 Å². The van der Waals surface area contributed by atoms with Crippen molar-refractivity contribution in [1.29, 1.82) is 0 Å². The van der Waals surface area contributed by atoms with Crippen LogP contribution < -0.4 is 14.2 Å². The Labute approximate surface area is 124 Å². The summed E-state index contributed by atoms with van der Waals surface area (Å²) < 4.78 is 15.6. The van der Waals surface area contributed by atoms with E-state index in [0.717, 1.165) is 6.42 Å². The molecule has 0 spiro atoms. The Morgan fingerprint density at radius 3 is 2.05 bits per heavy atom. The molecule has 0 aromatic heterocycles. The lowest BCUT2D eigenvalue weighted by molar-refractivity contribution is -0.136. The van der Waals surface area contributed by atoms with Crippen molar-refractivity contribution in [2.45, 2.75) is 13.3 Å². The number of ether oxygens (including phenoxy) is 3. The second-order valence-electron chi connectivity index (χ2n) is 4.44. The van der Waals surface area contributed by atoms with Crippen molar-refractivity contribution < 1.29 is 19.0 Å². The first-order valence-corrected chi connectivity index (χ1v) is 6.77. The van der Waals surface area contributed by atoms with Gasteiger partial charge in [-0.3, -0.25) is 0 Å². The van der Waals surface area contributed by atoms with Crippen LogP contribution in [-0.4, -0.2) is 19.7 Å². The first-order chi connectivity index (χ1) is 10.2. The van der Waals surface area contributed by atoms with E-state index in [2.05, 4.69) is 6.92 Å². The predicted molar refractivity (Wildman–Crippen MR) is 79.9 cm³/mol. The minimum Gasteiger partial charge on any atom is -0.497 e. The number of aryl methyl sites for hydroxylation is 1. The first-order valence-electron chi connectivity index (χ1n) is 6.77. The van der Waals surface area contributed by atoms with E-state index in [1.54, 1.807) is 31.4 Å². The van der Waals surface area contributed by atoms with E-state index in [4.69, 9.17) is 14.2 Å². The summed E-state index contributed by atoms with van der Waals surface area (Å²) in [6.45, 7) is 1.96. The van der Waals surface area contributed by atoms with Gasteiger partial charge in [0.05, 0.1) is 7.11 Å². The summed E-state index contributed by atoms with van der Waals surface area (Å²) in [6.07, 6.45) is 0.972. The molecule has 4 nitrogen and oxygen atoms in total. The minimum absolute atomic E-state index is 0.127. The number of carbonyl (C=O) groups is 1. The molecular weight excluding hydrogens is 268 g/mol. The van der Waals surface area contributed by atoms with Crippen molar-refractivity contribution in [3.05, 3.63) is 54.1 Å². The van der Waals surface area contributed by atoms with Gasteiger partial charge in [0.1, 0.15) is 17.2 Å². The molecule has 2 aromatic rings. The monoisotopic (exact) mass is 286 g/mol. The van der Waals surface area contributed by atoms with Crippen LogP contribution in [0.4, 0.5) is 0 Å². The Balaban J connectivity index is 1.83. The van der Waals surface area contributed by atoms with Crippen LogP contribution in [0.5, 0.6) is 17.2 Å². The third-order valence-electron chi connectivity index (χ3n) is 2.98. The SMILES string of the molecule is CCc1ccc(OCC(=O)Oc2ccc(OC)cc2)cc1. The molecule has 21 heavy (non-hydrogen) atoms. The van der Waals surface area contributed by atoms with Crippen molar-refractivity contribution in [2.24, 2.45) is 0 Å². The van der Waals surface area contributed by atoms with E-state index in [1.807, 2.05) is 24.3 Å². The van der Waals surface area contributed by atoms with Crippen molar-refractivity contribution >= 4 is 5.97 Å². The Morgan fingerprint density at radius 2 is 1.48 bits per heavy atom. The van der Waals surface area contributed by atoms with Gasteiger partial charge in [-0.1, -0.05) is 19.1 Å². The standard InChI is InChI=1S/C17H18O4/c1-3-13-4-6-15(7-5-13)20-12-17(18)21-16-10-8-14(19-2)9-11-16/h4-11H,3,12H2,1-2H3. The smallest absolute Gasteiger partial charge is 0.349 e. The third kappa shape index (κ3) is 4.53. The van der Waals surface area contributed by atoms with Gasteiger partial charge in [0, 0.05) is 0 Å². The maximum atomic E-state index is 11.7. The summed E-state index contributed by atoms with van der Waals surface area (Å²) in [4.78, 5) is 11.7. The summed E-state index contributed by atoms with van der Waals surface area (Å²) in [7, 11) is 1.58. The van der Waals surface area contributed by atoms with Crippen molar-refractivity contribution in [2.75, 3.05) is 13.7 Å². The second kappa shape index (κ2) is 7.33. The zero-order valence-electron chi connectivity index (χ0n) is 12.2. The molecule has 0 heterocycles. The lowest BCUT2D eigenvalue weighted by Gasteiger charge is -2.07. The fraction of sp³-hybridized carbons (Fsp3) is 0.235. The summed E-state index contributed by atoms with van der Waals surface area (Å²) >= 11 is 0. The molecule has 0 amide bonds. The van der Waals surface area contributed by atoms with Crippen LogP contribution >= 0.6 is 0 Å². The molecular formula is C17H18O4. The zero-order valence-corrected chi connectivity index (χ0v) is 12.2. The molecule has 0 saturated heterocycles. The molecule has 0 aliphatic rings. The molecule has 0 N–H and O–H groups in total. The number of hydrogen-bond donors (Lipinski definition) is 0. The predicted octanol–water partition coefficient (Wildman–Crippen LogP) is 3.24. The normalized spacial score (nSPS) is 10.0. The molecule has 0 radical (unpaired) electrons. The molecule has 4 heteroatoms. The van der Waals surface area contributed by atoms with E-state index >= 15 is 0 Å². The van der Waals surface area contributed by atoms with Crippen LogP contribution in [0, 0.1) is 0 Å². The van der Waals surface area contributed by atoms with Gasteiger partial charge >= 0.3 is 5.97 Å². The van der Waals surface area contributed by atoms with Crippen LogP contribution in [0.2, 0.25) is 0 Å². The second-order valence-corrected chi connectivity index (χ2v) is 4.44. The fourth-order valence-electron chi connectivity index (χ4n) is 1.77. The number of methoxy groups -OCH3 is 1. The molecule has 2 rings (SSSR count). The quantitative estimate of drug-likeness (QED) is 0.604. The molecule has 0 aliphatic heterocycles. The van der Waals surface area contributed by atoms with Crippen molar-refractivity contribution in [1.82, 2.24) is 0 Å². The van der Waals surface area contributed by atoms with Gasteiger partial charge in [-0.25, -0.2) is 4.79 Å². The number of carbonyl (C=O) groups excluding carboxylic acids is 1. The topological polar surface area (TPSA) is 44.8 Å². The highest BCUT2D eigenvalue weighted by atomic mass is 16.6. The molecule has 0 fully saturated rings. The molecule has 0 aliphatic carbocycles. The minimum atomic E-state index is -0.445. The van der Waals surface area contributed by atoms with Gasteiger partial charge in [-0.15, -0.1) is 0 Å². The molecule has 110 valence electrons. The first kappa shape index (κ1) is 14.9. The van der Waals surface area contributed by atoms with E-state index in [1.165, 1.54) is 5.56 Å². The van der Waals surface area contributed by atoms with Gasteiger partial charge in [-0.2, -0.15) is 0 Å². The van der Waals surface area contributed by atoms with E-state index in [9.17, 15) is 4.79 Å². The number of hydrogen-bond acceptors (Lipinski definition) is 4. The largest absolute Gasteiger partial charge is 0.497 e. The van der Waals surface area contributed by atoms with Gasteiger partial charge in [0.25, 0.3) is 0 Å². The van der Waals surface area contributed by atoms with Crippen LogP contribution in [0.3, 0.4) is 0 Å². The summed E-state index contributed by atoms with van der Waals surface area (Å²) in [5.41, 5.74) is 1.23. The van der Waals surface area contributed by atoms with Gasteiger partial charge < -0.3 is 14.2 Å².